The van der Waals surface area contributed by atoms with E-state index in [1.807, 2.05) is 0 Å². The van der Waals surface area contributed by atoms with E-state index >= 15 is 0 Å². The number of carbonyl (C=O) groups is 14. The summed E-state index contributed by atoms with van der Waals surface area (Å²) in [7, 11) is 0. The van der Waals surface area contributed by atoms with Gasteiger partial charge in [-0.15, -0.1) is 0 Å². The molecule has 0 bridgehead atoms. The molecule has 0 saturated heterocycles. The highest BCUT2D eigenvalue weighted by molar-refractivity contribution is 6.00. The minimum atomic E-state index is -2.09. The lowest BCUT2D eigenvalue weighted by atomic mass is 9.97. The second-order valence-electron chi connectivity index (χ2n) is 18.9. The predicted molar refractivity (Wildman–Crippen MR) is 280 cm³/mol. The lowest BCUT2D eigenvalue weighted by molar-refractivity contribution is -0.144. The molecule has 1 aromatic carbocycles. The second-order valence-corrected chi connectivity index (χ2v) is 18.9. The maximum atomic E-state index is 14.1. The topological polar surface area (TPSA) is 547 Å². The molecule has 0 heterocycles. The molecular formula is C49H76N12O20. The third-order valence-electron chi connectivity index (χ3n) is 12.2. The minimum Gasteiger partial charge on any atom is -0.481 e. The molecule has 21 N–H and O–H groups in total. The van der Waals surface area contributed by atoms with Gasteiger partial charge in [-0.05, 0) is 64.0 Å². The number of aliphatic hydroxyl groups excluding tert-OH is 2. The van der Waals surface area contributed by atoms with Crippen LogP contribution < -0.4 is 65.1 Å². The van der Waals surface area contributed by atoms with Crippen LogP contribution in [0, 0.1) is 5.92 Å². The number of carboxylic acid groups (broad SMARTS) is 4. The van der Waals surface area contributed by atoms with E-state index in [0.717, 1.165) is 13.8 Å². The fourth-order valence-corrected chi connectivity index (χ4v) is 7.53. The van der Waals surface area contributed by atoms with Gasteiger partial charge in [-0.25, -0.2) is 4.79 Å². The van der Waals surface area contributed by atoms with Crippen LogP contribution in [0.4, 0.5) is 0 Å². The summed E-state index contributed by atoms with van der Waals surface area (Å²) in [6.07, 6.45) is -7.91. The van der Waals surface area contributed by atoms with E-state index in [4.69, 9.17) is 17.2 Å². The first kappa shape index (κ1) is 70.7. The number of primary amides is 1. The van der Waals surface area contributed by atoms with Crippen molar-refractivity contribution >= 4 is 82.9 Å². The van der Waals surface area contributed by atoms with Gasteiger partial charge in [0.15, 0.2) is 0 Å². The fourth-order valence-electron chi connectivity index (χ4n) is 7.53. The summed E-state index contributed by atoms with van der Waals surface area (Å²) in [5.74, 6) is -18.6. The summed E-state index contributed by atoms with van der Waals surface area (Å²) >= 11 is 0. The van der Waals surface area contributed by atoms with Crippen molar-refractivity contribution in [2.45, 2.75) is 165 Å². The Labute approximate surface area is 464 Å². The third-order valence-corrected chi connectivity index (χ3v) is 12.2. The number of hydrogen-bond donors (Lipinski definition) is 18. The molecule has 0 aromatic heterocycles. The summed E-state index contributed by atoms with van der Waals surface area (Å²) in [5.41, 5.74) is 16.5. The summed E-state index contributed by atoms with van der Waals surface area (Å²) in [6.45, 7) is 4.78. The van der Waals surface area contributed by atoms with Gasteiger partial charge in [-0.1, -0.05) is 50.6 Å². The van der Waals surface area contributed by atoms with Crippen molar-refractivity contribution in [3.8, 4) is 0 Å². The van der Waals surface area contributed by atoms with Crippen LogP contribution in [0.5, 0.6) is 0 Å². The molecule has 32 heteroatoms. The van der Waals surface area contributed by atoms with E-state index in [1.54, 1.807) is 25.1 Å². The van der Waals surface area contributed by atoms with Gasteiger partial charge < -0.3 is 95.7 Å². The molecule has 0 unspecified atom stereocenters. The van der Waals surface area contributed by atoms with Crippen molar-refractivity contribution in [1.82, 2.24) is 47.9 Å². The van der Waals surface area contributed by atoms with Crippen molar-refractivity contribution in [3.63, 3.8) is 0 Å². The van der Waals surface area contributed by atoms with Gasteiger partial charge in [0, 0.05) is 19.3 Å². The zero-order valence-electron chi connectivity index (χ0n) is 45.1. The largest absolute Gasteiger partial charge is 0.481 e. The first-order valence-corrected chi connectivity index (χ1v) is 25.6. The molecule has 0 radical (unpaired) electrons. The molecule has 12 atom stereocenters. The average Bonchev–Trinajstić information content (AvgIpc) is 3.41. The van der Waals surface area contributed by atoms with Gasteiger partial charge in [0.2, 0.25) is 59.1 Å². The summed E-state index contributed by atoms with van der Waals surface area (Å²) in [5, 5.41) is 79.6. The maximum Gasteiger partial charge on any atom is 0.326 e. The first-order chi connectivity index (χ1) is 37.9. The summed E-state index contributed by atoms with van der Waals surface area (Å²) in [4.78, 5) is 181. The monoisotopic (exact) mass is 1150 g/mol. The van der Waals surface area contributed by atoms with Crippen molar-refractivity contribution in [3.05, 3.63) is 35.9 Å². The van der Waals surface area contributed by atoms with Gasteiger partial charge in [-0.3, -0.25) is 62.3 Å². The van der Waals surface area contributed by atoms with E-state index < -0.39 is 201 Å². The molecule has 81 heavy (non-hydrogen) atoms. The van der Waals surface area contributed by atoms with Crippen LogP contribution in [0.1, 0.15) is 97.5 Å². The zero-order chi connectivity index (χ0) is 61.7. The average molecular weight is 1150 g/mol. The number of benzene rings is 1. The third kappa shape index (κ3) is 26.4. The van der Waals surface area contributed by atoms with Crippen molar-refractivity contribution < 1.29 is 97.8 Å². The van der Waals surface area contributed by atoms with E-state index in [2.05, 4.69) is 47.9 Å². The molecule has 0 saturated carbocycles. The number of aliphatic hydroxyl groups is 2. The normalized spacial score (nSPS) is 15.4. The van der Waals surface area contributed by atoms with E-state index in [9.17, 15) is 97.8 Å². The molecule has 0 aliphatic rings. The Hall–Kier alpha value is -8.36. The molecule has 0 spiro atoms. The highest BCUT2D eigenvalue weighted by Gasteiger charge is 2.39. The lowest BCUT2D eigenvalue weighted by Gasteiger charge is -2.29. The Balaban J connectivity index is 3.56. The molecule has 0 aliphatic carbocycles. The Kier molecular flexibility index (Phi) is 31.4. The van der Waals surface area contributed by atoms with Gasteiger partial charge in [0.1, 0.15) is 54.4 Å². The van der Waals surface area contributed by atoms with Crippen molar-refractivity contribution in [2.75, 3.05) is 13.1 Å². The van der Waals surface area contributed by atoms with Crippen LogP contribution in [0.2, 0.25) is 0 Å². The number of nitrogens with two attached hydrogens (primary N) is 3. The Morgan fingerprint density at radius 3 is 1.33 bits per heavy atom. The SMILES string of the molecule is CC[C@H](C)[C@H](NC(=O)[C@H](CC(=O)O)NC(=O)[C@@H](NC(=O)[C@H](CCC(=O)O)NC(=O)[C@@H](NC(=O)[C@H](Cc1ccccc1)NC(=O)[C@H](CC(N)=O)NC(=O)[C@H](CCC(=O)O)NC(=O)CN)[C@@H](C)O)[C@@H](C)O)C(=O)N[C@@H](CCCCN)C(=O)O. The van der Waals surface area contributed by atoms with Crippen LogP contribution in [0.15, 0.2) is 30.3 Å². The summed E-state index contributed by atoms with van der Waals surface area (Å²) < 4.78 is 0. The van der Waals surface area contributed by atoms with E-state index in [1.165, 1.54) is 19.1 Å². The van der Waals surface area contributed by atoms with Crippen LogP contribution in [-0.4, -0.2) is 193 Å². The molecule has 0 fully saturated rings. The molecule has 10 amide bonds. The fraction of sp³-hybridized carbons (Fsp3) is 0.592. The molecule has 0 aliphatic heterocycles. The van der Waals surface area contributed by atoms with Gasteiger partial charge in [0.05, 0.1) is 31.6 Å². The van der Waals surface area contributed by atoms with Gasteiger partial charge in [-0.2, -0.15) is 0 Å². The maximum absolute atomic E-state index is 14.1. The molecule has 1 aromatic rings. The molecular weight excluding hydrogens is 1080 g/mol. The highest BCUT2D eigenvalue weighted by Crippen LogP contribution is 2.13. The number of aliphatic carboxylic acids is 4. The highest BCUT2D eigenvalue weighted by atomic mass is 16.4. The van der Waals surface area contributed by atoms with E-state index in [0.29, 0.717) is 18.4 Å². The van der Waals surface area contributed by atoms with Crippen molar-refractivity contribution in [2.24, 2.45) is 23.1 Å². The smallest absolute Gasteiger partial charge is 0.326 e. The number of unbranched alkanes of at least 4 members (excludes halogenated alkanes) is 1. The number of rotatable bonds is 39. The zero-order valence-corrected chi connectivity index (χ0v) is 45.1. The molecule has 32 nitrogen and oxygen atoms in total. The number of carbonyl (C=O) groups excluding carboxylic acids is 10. The van der Waals surface area contributed by atoms with Gasteiger partial charge in [0.25, 0.3) is 0 Å². The van der Waals surface area contributed by atoms with Gasteiger partial charge >= 0.3 is 23.9 Å². The van der Waals surface area contributed by atoms with Crippen LogP contribution in [-0.2, 0) is 73.5 Å². The number of amides is 10. The van der Waals surface area contributed by atoms with Crippen LogP contribution in [0.25, 0.3) is 0 Å². The Bertz CT molecular complexity index is 2380. The Morgan fingerprint density at radius 2 is 0.877 bits per heavy atom. The number of carboxylic acids is 4. The number of nitrogens with one attached hydrogen (secondary N) is 9. The van der Waals surface area contributed by atoms with Crippen LogP contribution >= 0.6 is 0 Å². The lowest BCUT2D eigenvalue weighted by Crippen LogP contribution is -2.63. The second kappa shape index (κ2) is 36.0. The standard InChI is InChI=1S/C49H76N12O20/c1-5-23(2)38(46(77)55-29(49(80)81)13-9-10-18-50)59-45(76)32(21-37(70)71)58-48(79)40(25(4)63)60-42(73)28(15-17-36(68)69)54-47(78)39(24(3)62)61-44(75)30(19-26-11-7-6-8-12-26)56-43(74)31(20-33(52)64)57-41(72)27(14-16-35(66)67)53-34(65)22-51/h6-8,11-12,23-25,27-32,38-40,62-63H,5,9-10,13-22,50-51H2,1-4H3,(H2,52,64)(H,53,65)(H,54,78)(H,55,77)(H,56,74)(H,57,72)(H,58,79)(H,59,76)(H,60,73)(H,61,75)(H,66,67)(H,68,69)(H,70,71)(H,80,81)/t23-,24+,25+,27-,28-,29-,30-,31-,32-,38-,39-,40-/m0/s1. The quantitative estimate of drug-likeness (QED) is 0.0273. The number of hydrogen-bond acceptors (Lipinski definition) is 18. The first-order valence-electron chi connectivity index (χ1n) is 25.6. The molecule has 1 rings (SSSR count). The van der Waals surface area contributed by atoms with E-state index in [-0.39, 0.29) is 25.8 Å². The van der Waals surface area contributed by atoms with Crippen molar-refractivity contribution in [1.29, 1.82) is 0 Å². The predicted octanol–water partition coefficient (Wildman–Crippen LogP) is -6.35. The Morgan fingerprint density at radius 1 is 0.469 bits per heavy atom. The summed E-state index contributed by atoms with van der Waals surface area (Å²) in [6, 6.07) is -8.43. The minimum absolute atomic E-state index is 0.0175. The molecule has 452 valence electrons. The van der Waals surface area contributed by atoms with Crippen LogP contribution in [0.3, 0.4) is 0 Å².